The lowest BCUT2D eigenvalue weighted by atomic mass is 9.97. The van der Waals surface area contributed by atoms with Crippen molar-refractivity contribution < 1.29 is 0 Å². The molecule has 0 saturated heterocycles. The molecule has 66 valence electrons. The Morgan fingerprint density at radius 1 is 1.25 bits per heavy atom. The van der Waals surface area contributed by atoms with Gasteiger partial charge < -0.3 is 5.32 Å². The minimum Gasteiger partial charge on any atom is -0.388 e. The molecular formula is C11H17N. The summed E-state index contributed by atoms with van der Waals surface area (Å²) in [6.45, 7) is 6.62. The van der Waals surface area contributed by atoms with Crippen LogP contribution in [0.5, 0.6) is 0 Å². The third-order valence-electron chi connectivity index (χ3n) is 2.27. The molecule has 0 bridgehead atoms. The lowest BCUT2D eigenvalue weighted by Gasteiger charge is -2.13. The van der Waals surface area contributed by atoms with Crippen molar-refractivity contribution in [3.8, 4) is 0 Å². The van der Waals surface area contributed by atoms with E-state index in [1.54, 1.807) is 0 Å². The van der Waals surface area contributed by atoms with Gasteiger partial charge in [0.25, 0.3) is 0 Å². The van der Waals surface area contributed by atoms with Crippen LogP contribution in [0.25, 0.3) is 0 Å². The molecule has 0 atom stereocenters. The zero-order valence-corrected chi connectivity index (χ0v) is 8.31. The average molecular weight is 163 g/mol. The molecule has 1 rings (SSSR count). The second-order valence-electron chi connectivity index (χ2n) is 3.42. The van der Waals surface area contributed by atoms with Crippen molar-refractivity contribution in [1.29, 1.82) is 0 Å². The Balaban J connectivity index is 3.14. The first-order valence-corrected chi connectivity index (χ1v) is 4.44. The van der Waals surface area contributed by atoms with Gasteiger partial charge in [0.2, 0.25) is 0 Å². The minimum atomic E-state index is 0.610. The van der Waals surface area contributed by atoms with E-state index in [1.165, 1.54) is 16.8 Å². The molecule has 0 unspecified atom stereocenters. The molecule has 0 aliphatic rings. The molecule has 0 spiro atoms. The van der Waals surface area contributed by atoms with Crippen LogP contribution in [0.4, 0.5) is 5.69 Å². The molecule has 0 radical (unpaired) electrons. The fourth-order valence-electron chi connectivity index (χ4n) is 1.55. The molecule has 0 fully saturated rings. The number of rotatable bonds is 2. The van der Waals surface area contributed by atoms with E-state index < -0.39 is 0 Å². The van der Waals surface area contributed by atoms with Crippen molar-refractivity contribution >= 4 is 5.69 Å². The van der Waals surface area contributed by atoms with E-state index in [9.17, 15) is 0 Å². The normalized spacial score (nSPS) is 10.4. The van der Waals surface area contributed by atoms with Gasteiger partial charge in [0.05, 0.1) is 0 Å². The first-order valence-electron chi connectivity index (χ1n) is 4.44. The summed E-state index contributed by atoms with van der Waals surface area (Å²) in [7, 11) is 1.96. The summed E-state index contributed by atoms with van der Waals surface area (Å²) >= 11 is 0. The zero-order chi connectivity index (χ0) is 9.14. The maximum Gasteiger partial charge on any atom is 0.0370 e. The predicted octanol–water partition coefficient (Wildman–Crippen LogP) is 3.16. The lowest BCUT2D eigenvalue weighted by molar-refractivity contribution is 0.857. The molecule has 1 nitrogen and oxygen atoms in total. The number of benzene rings is 1. The van der Waals surface area contributed by atoms with Crippen LogP contribution in [0.1, 0.15) is 30.9 Å². The van der Waals surface area contributed by atoms with Crippen molar-refractivity contribution in [2.45, 2.75) is 26.7 Å². The third kappa shape index (κ3) is 1.60. The number of nitrogens with one attached hydrogen (secondary N) is 1. The molecule has 0 aliphatic heterocycles. The van der Waals surface area contributed by atoms with Crippen LogP contribution < -0.4 is 5.32 Å². The van der Waals surface area contributed by atoms with Crippen LogP contribution in [0.2, 0.25) is 0 Å². The summed E-state index contributed by atoms with van der Waals surface area (Å²) in [6, 6.07) is 6.41. The Morgan fingerprint density at radius 3 is 2.42 bits per heavy atom. The fraction of sp³-hybridized carbons (Fsp3) is 0.455. The Bertz CT molecular complexity index is 264. The highest BCUT2D eigenvalue weighted by atomic mass is 14.8. The summed E-state index contributed by atoms with van der Waals surface area (Å²) in [5, 5.41) is 3.19. The maximum atomic E-state index is 3.19. The van der Waals surface area contributed by atoms with E-state index in [0.717, 1.165) is 0 Å². The van der Waals surface area contributed by atoms with Gasteiger partial charge in [-0.15, -0.1) is 0 Å². The second kappa shape index (κ2) is 3.61. The van der Waals surface area contributed by atoms with Crippen LogP contribution in [0, 0.1) is 6.92 Å². The number of hydrogen-bond donors (Lipinski definition) is 1. The van der Waals surface area contributed by atoms with Crippen LogP contribution in [-0.4, -0.2) is 7.05 Å². The van der Waals surface area contributed by atoms with Gasteiger partial charge in [-0.05, 0) is 30.0 Å². The summed E-state index contributed by atoms with van der Waals surface area (Å²) in [4.78, 5) is 0. The largest absolute Gasteiger partial charge is 0.388 e. The van der Waals surface area contributed by atoms with Crippen LogP contribution >= 0.6 is 0 Å². The highest BCUT2D eigenvalue weighted by Gasteiger charge is 2.04. The van der Waals surface area contributed by atoms with E-state index in [2.05, 4.69) is 44.3 Å². The summed E-state index contributed by atoms with van der Waals surface area (Å²) in [5.74, 6) is 0.610. The smallest absolute Gasteiger partial charge is 0.0370 e. The Hall–Kier alpha value is -0.980. The van der Waals surface area contributed by atoms with Gasteiger partial charge in [0.15, 0.2) is 0 Å². The average Bonchev–Trinajstić information content (AvgIpc) is 2.04. The monoisotopic (exact) mass is 163 g/mol. The maximum absolute atomic E-state index is 3.19. The summed E-state index contributed by atoms with van der Waals surface area (Å²) in [5.41, 5.74) is 4.04. The first kappa shape index (κ1) is 9.11. The van der Waals surface area contributed by atoms with Gasteiger partial charge in [0.1, 0.15) is 0 Å². The third-order valence-corrected chi connectivity index (χ3v) is 2.27. The van der Waals surface area contributed by atoms with Crippen molar-refractivity contribution in [3.05, 3.63) is 29.3 Å². The van der Waals surface area contributed by atoms with Crippen LogP contribution in [0.3, 0.4) is 0 Å². The molecule has 0 aromatic heterocycles. The van der Waals surface area contributed by atoms with Crippen molar-refractivity contribution in [3.63, 3.8) is 0 Å². The molecule has 0 aliphatic carbocycles. The fourth-order valence-corrected chi connectivity index (χ4v) is 1.55. The standard InChI is InChI=1S/C11H17N/c1-8(2)10-6-5-7-11(12-4)9(10)3/h5-8,12H,1-4H3. The molecular weight excluding hydrogens is 146 g/mol. The highest BCUT2D eigenvalue weighted by molar-refractivity contribution is 5.54. The van der Waals surface area contributed by atoms with Gasteiger partial charge in [-0.1, -0.05) is 26.0 Å². The molecule has 1 aromatic carbocycles. The predicted molar refractivity (Wildman–Crippen MR) is 54.8 cm³/mol. The molecule has 0 heterocycles. The van der Waals surface area contributed by atoms with E-state index in [0.29, 0.717) is 5.92 Å². The van der Waals surface area contributed by atoms with E-state index in [1.807, 2.05) is 7.05 Å². The zero-order valence-electron chi connectivity index (χ0n) is 8.31. The Kier molecular flexibility index (Phi) is 2.74. The van der Waals surface area contributed by atoms with Crippen molar-refractivity contribution in [2.24, 2.45) is 0 Å². The highest BCUT2D eigenvalue weighted by Crippen LogP contribution is 2.24. The van der Waals surface area contributed by atoms with Gasteiger partial charge in [-0.2, -0.15) is 0 Å². The van der Waals surface area contributed by atoms with Gasteiger partial charge in [0, 0.05) is 12.7 Å². The molecule has 0 saturated carbocycles. The van der Waals surface area contributed by atoms with E-state index >= 15 is 0 Å². The van der Waals surface area contributed by atoms with Gasteiger partial charge in [-0.25, -0.2) is 0 Å². The molecule has 12 heavy (non-hydrogen) atoms. The topological polar surface area (TPSA) is 12.0 Å². The quantitative estimate of drug-likeness (QED) is 0.706. The van der Waals surface area contributed by atoms with E-state index in [4.69, 9.17) is 0 Å². The van der Waals surface area contributed by atoms with Crippen molar-refractivity contribution in [2.75, 3.05) is 12.4 Å². The second-order valence-corrected chi connectivity index (χ2v) is 3.42. The molecule has 1 heteroatoms. The van der Waals surface area contributed by atoms with Gasteiger partial charge in [-0.3, -0.25) is 0 Å². The van der Waals surface area contributed by atoms with Crippen LogP contribution in [-0.2, 0) is 0 Å². The number of anilines is 1. The molecule has 1 aromatic rings. The minimum absolute atomic E-state index is 0.610. The van der Waals surface area contributed by atoms with E-state index in [-0.39, 0.29) is 0 Å². The van der Waals surface area contributed by atoms with Crippen molar-refractivity contribution in [1.82, 2.24) is 0 Å². The molecule has 1 N–H and O–H groups in total. The Labute approximate surface area is 74.8 Å². The van der Waals surface area contributed by atoms with Gasteiger partial charge >= 0.3 is 0 Å². The van der Waals surface area contributed by atoms with Crippen LogP contribution in [0.15, 0.2) is 18.2 Å². The molecule has 0 amide bonds. The lowest BCUT2D eigenvalue weighted by Crippen LogP contribution is -1.97. The summed E-state index contributed by atoms with van der Waals surface area (Å²) < 4.78 is 0. The Morgan fingerprint density at radius 2 is 1.92 bits per heavy atom. The first-order chi connectivity index (χ1) is 5.66. The summed E-state index contributed by atoms with van der Waals surface area (Å²) in [6.07, 6.45) is 0. The number of hydrogen-bond acceptors (Lipinski definition) is 1. The SMILES string of the molecule is CNc1cccc(C(C)C)c1C.